The molecule has 0 radical (unpaired) electrons. The molecule has 0 saturated carbocycles. The van der Waals surface area contributed by atoms with Crippen LogP contribution in [-0.2, 0) is 0 Å². The summed E-state index contributed by atoms with van der Waals surface area (Å²) in [4.78, 5) is 15.6. The van der Waals surface area contributed by atoms with E-state index in [9.17, 15) is 4.79 Å². The SMILES string of the molecule is C[C@@H]1C[C@H](C)CN(CCCNC(=O)c2cc(-c3cccs3)no2)C1. The van der Waals surface area contributed by atoms with Gasteiger partial charge in [0.05, 0.1) is 4.88 Å². The zero-order valence-electron chi connectivity index (χ0n) is 14.3. The van der Waals surface area contributed by atoms with Crippen LogP contribution in [0.5, 0.6) is 0 Å². The number of nitrogens with one attached hydrogen (secondary N) is 1. The van der Waals surface area contributed by atoms with Crippen LogP contribution in [0.3, 0.4) is 0 Å². The van der Waals surface area contributed by atoms with Crippen molar-refractivity contribution < 1.29 is 9.32 Å². The van der Waals surface area contributed by atoms with Crippen LogP contribution < -0.4 is 5.32 Å². The predicted molar refractivity (Wildman–Crippen MR) is 96.2 cm³/mol. The smallest absolute Gasteiger partial charge is 0.289 e. The molecule has 5 nitrogen and oxygen atoms in total. The molecule has 2 aromatic rings. The Balaban J connectivity index is 1.41. The number of aromatic nitrogens is 1. The first-order chi connectivity index (χ1) is 11.6. The first-order valence-electron chi connectivity index (χ1n) is 8.63. The highest BCUT2D eigenvalue weighted by atomic mass is 32.1. The van der Waals surface area contributed by atoms with Gasteiger partial charge in [0.1, 0.15) is 5.69 Å². The number of nitrogens with zero attached hydrogens (tertiary/aromatic N) is 2. The van der Waals surface area contributed by atoms with E-state index in [0.717, 1.165) is 29.7 Å². The molecule has 2 atom stereocenters. The molecule has 1 fully saturated rings. The van der Waals surface area contributed by atoms with Crippen LogP contribution in [-0.4, -0.2) is 42.1 Å². The van der Waals surface area contributed by atoms with Crippen LogP contribution in [0.1, 0.15) is 37.2 Å². The molecule has 24 heavy (non-hydrogen) atoms. The third kappa shape index (κ3) is 4.45. The first-order valence-corrected chi connectivity index (χ1v) is 9.51. The molecule has 3 rings (SSSR count). The molecule has 0 aromatic carbocycles. The highest BCUT2D eigenvalue weighted by molar-refractivity contribution is 7.13. The maximum absolute atomic E-state index is 12.1. The fourth-order valence-electron chi connectivity index (χ4n) is 3.49. The second-order valence-corrected chi connectivity index (χ2v) is 7.82. The van der Waals surface area contributed by atoms with Crippen LogP contribution in [0.4, 0.5) is 0 Å². The monoisotopic (exact) mass is 347 g/mol. The second kappa shape index (κ2) is 7.94. The average Bonchev–Trinajstić information content (AvgIpc) is 3.20. The molecule has 1 amide bonds. The summed E-state index contributed by atoms with van der Waals surface area (Å²) >= 11 is 1.58. The van der Waals surface area contributed by atoms with Crippen molar-refractivity contribution in [3.8, 4) is 10.6 Å². The molecule has 0 unspecified atom stereocenters. The Labute approximate surface area is 147 Å². The van der Waals surface area contributed by atoms with E-state index in [0.29, 0.717) is 12.2 Å². The Morgan fingerprint density at radius 2 is 2.21 bits per heavy atom. The molecule has 2 aromatic heterocycles. The van der Waals surface area contributed by atoms with Crippen LogP contribution in [0.2, 0.25) is 0 Å². The van der Waals surface area contributed by atoms with E-state index >= 15 is 0 Å². The Kier molecular flexibility index (Phi) is 5.68. The summed E-state index contributed by atoms with van der Waals surface area (Å²) in [5.74, 6) is 1.63. The van der Waals surface area contributed by atoms with Gasteiger partial charge in [0.2, 0.25) is 5.76 Å². The van der Waals surface area contributed by atoms with Gasteiger partial charge in [0, 0.05) is 25.7 Å². The minimum Gasteiger partial charge on any atom is -0.350 e. The lowest BCUT2D eigenvalue weighted by molar-refractivity contribution is 0.0911. The van der Waals surface area contributed by atoms with Crippen LogP contribution in [0, 0.1) is 11.8 Å². The molecule has 0 aliphatic carbocycles. The maximum Gasteiger partial charge on any atom is 0.289 e. The molecule has 1 N–H and O–H groups in total. The highest BCUT2D eigenvalue weighted by Crippen LogP contribution is 2.24. The van der Waals surface area contributed by atoms with E-state index < -0.39 is 0 Å². The third-order valence-corrected chi connectivity index (χ3v) is 5.28. The third-order valence-electron chi connectivity index (χ3n) is 4.39. The predicted octanol–water partition coefficient (Wildman–Crippen LogP) is 3.50. The normalized spacial score (nSPS) is 21.8. The van der Waals surface area contributed by atoms with Gasteiger partial charge >= 0.3 is 0 Å². The average molecular weight is 347 g/mol. The van der Waals surface area contributed by atoms with E-state index in [1.807, 2.05) is 17.5 Å². The summed E-state index contributed by atoms with van der Waals surface area (Å²) in [5.41, 5.74) is 0.714. The van der Waals surface area contributed by atoms with Crippen molar-refractivity contribution in [1.29, 1.82) is 0 Å². The molecule has 0 spiro atoms. The molecular formula is C18H25N3O2S. The molecule has 3 heterocycles. The van der Waals surface area contributed by atoms with E-state index in [1.165, 1.54) is 19.5 Å². The zero-order chi connectivity index (χ0) is 16.9. The Bertz CT molecular complexity index is 643. The lowest BCUT2D eigenvalue weighted by Crippen LogP contribution is -2.40. The van der Waals surface area contributed by atoms with E-state index in [-0.39, 0.29) is 11.7 Å². The lowest BCUT2D eigenvalue weighted by atomic mass is 9.92. The quantitative estimate of drug-likeness (QED) is 0.813. The minimum absolute atomic E-state index is 0.189. The van der Waals surface area contributed by atoms with Crippen molar-refractivity contribution in [3.05, 3.63) is 29.3 Å². The minimum atomic E-state index is -0.189. The van der Waals surface area contributed by atoms with Crippen molar-refractivity contribution in [2.75, 3.05) is 26.2 Å². The maximum atomic E-state index is 12.1. The summed E-state index contributed by atoms with van der Waals surface area (Å²) in [7, 11) is 0. The van der Waals surface area contributed by atoms with Gasteiger partial charge in [-0.3, -0.25) is 4.79 Å². The number of piperidine rings is 1. The van der Waals surface area contributed by atoms with Crippen LogP contribution >= 0.6 is 11.3 Å². The number of hydrogen-bond acceptors (Lipinski definition) is 5. The standard InChI is InChI=1S/C18H25N3O2S/c1-13-9-14(2)12-21(11-13)7-4-6-19-18(22)16-10-15(20-23-16)17-5-3-8-24-17/h3,5,8,10,13-14H,4,6-7,9,11-12H2,1-2H3,(H,19,22)/t13-,14+. The van der Waals surface area contributed by atoms with Crippen molar-refractivity contribution in [1.82, 2.24) is 15.4 Å². The summed E-state index contributed by atoms with van der Waals surface area (Å²) in [6, 6.07) is 5.62. The van der Waals surface area contributed by atoms with Gasteiger partial charge < -0.3 is 14.7 Å². The molecule has 6 heteroatoms. The van der Waals surface area contributed by atoms with E-state index in [1.54, 1.807) is 17.4 Å². The summed E-state index contributed by atoms with van der Waals surface area (Å²) in [5, 5.41) is 8.87. The van der Waals surface area contributed by atoms with Crippen molar-refractivity contribution in [2.24, 2.45) is 11.8 Å². The lowest BCUT2D eigenvalue weighted by Gasteiger charge is -2.34. The summed E-state index contributed by atoms with van der Waals surface area (Å²) in [6.07, 6.45) is 2.28. The molecular weight excluding hydrogens is 322 g/mol. The summed E-state index contributed by atoms with van der Waals surface area (Å²) < 4.78 is 5.16. The molecule has 130 valence electrons. The fourth-order valence-corrected chi connectivity index (χ4v) is 4.17. The number of rotatable bonds is 6. The number of likely N-dealkylation sites (tertiary alicyclic amines) is 1. The Morgan fingerprint density at radius 3 is 2.92 bits per heavy atom. The highest BCUT2D eigenvalue weighted by Gasteiger charge is 2.21. The Morgan fingerprint density at radius 1 is 1.42 bits per heavy atom. The van der Waals surface area contributed by atoms with E-state index in [2.05, 4.69) is 29.2 Å². The van der Waals surface area contributed by atoms with E-state index in [4.69, 9.17) is 4.52 Å². The van der Waals surface area contributed by atoms with Gasteiger partial charge in [-0.2, -0.15) is 0 Å². The summed E-state index contributed by atoms with van der Waals surface area (Å²) in [6.45, 7) is 8.67. The topological polar surface area (TPSA) is 58.4 Å². The van der Waals surface area contributed by atoms with Crippen molar-refractivity contribution >= 4 is 17.2 Å². The van der Waals surface area contributed by atoms with Crippen LogP contribution in [0.15, 0.2) is 28.1 Å². The number of carbonyl (C=O) groups is 1. The van der Waals surface area contributed by atoms with Crippen molar-refractivity contribution in [2.45, 2.75) is 26.7 Å². The number of thiophene rings is 1. The van der Waals surface area contributed by atoms with Crippen molar-refractivity contribution in [3.63, 3.8) is 0 Å². The Hall–Kier alpha value is -1.66. The first kappa shape index (κ1) is 17.2. The number of amides is 1. The van der Waals surface area contributed by atoms with Gasteiger partial charge in [-0.15, -0.1) is 11.3 Å². The van der Waals surface area contributed by atoms with Gasteiger partial charge in [-0.25, -0.2) is 0 Å². The molecule has 1 saturated heterocycles. The molecule has 0 bridgehead atoms. The second-order valence-electron chi connectivity index (χ2n) is 6.87. The van der Waals surface area contributed by atoms with Gasteiger partial charge in [0.15, 0.2) is 0 Å². The van der Waals surface area contributed by atoms with Gasteiger partial charge in [-0.05, 0) is 42.7 Å². The van der Waals surface area contributed by atoms with Crippen LogP contribution in [0.25, 0.3) is 10.6 Å². The molecule has 1 aliphatic heterocycles. The largest absolute Gasteiger partial charge is 0.350 e. The van der Waals surface area contributed by atoms with Gasteiger partial charge in [-0.1, -0.05) is 25.1 Å². The number of carbonyl (C=O) groups excluding carboxylic acids is 1. The van der Waals surface area contributed by atoms with Gasteiger partial charge in [0.25, 0.3) is 5.91 Å². The fraction of sp³-hybridized carbons (Fsp3) is 0.556. The number of hydrogen-bond donors (Lipinski definition) is 1. The zero-order valence-corrected chi connectivity index (χ0v) is 15.1. The molecule has 1 aliphatic rings.